The number of guanidine groups is 1. The van der Waals surface area contributed by atoms with Crippen molar-refractivity contribution >= 4 is 5.96 Å². The number of hydrogen-bond donors (Lipinski definition) is 4. The van der Waals surface area contributed by atoms with E-state index in [1.54, 1.807) is 0 Å². The monoisotopic (exact) mass is 249 g/mol. The molecule has 0 saturated heterocycles. The lowest BCUT2D eigenvalue weighted by Crippen LogP contribution is -2.86. The zero-order valence-corrected chi connectivity index (χ0v) is 10.2. The van der Waals surface area contributed by atoms with E-state index in [-0.39, 0.29) is 5.96 Å². The van der Waals surface area contributed by atoms with E-state index >= 15 is 0 Å². The fourth-order valence-corrected chi connectivity index (χ4v) is 1.56. The molecular formula is C12H17N4O2+. The summed E-state index contributed by atoms with van der Waals surface area (Å²) in [6.45, 7) is 2.22. The highest BCUT2D eigenvalue weighted by molar-refractivity contribution is 5.69. The van der Waals surface area contributed by atoms with Crippen molar-refractivity contribution in [3.05, 3.63) is 35.5 Å². The number of fused-ring (bicyclic) bond motifs is 1. The van der Waals surface area contributed by atoms with Gasteiger partial charge in [0.15, 0.2) is 11.5 Å². The molecule has 6 heteroatoms. The Morgan fingerprint density at radius 1 is 1.39 bits per heavy atom. The minimum atomic E-state index is 0.130. The fraction of sp³-hybridized carbons (Fsp3) is 0.250. The number of benzene rings is 1. The molecule has 0 radical (unpaired) electrons. The van der Waals surface area contributed by atoms with Crippen molar-refractivity contribution in [2.24, 2.45) is 11.5 Å². The van der Waals surface area contributed by atoms with Gasteiger partial charge in [-0.1, -0.05) is 12.1 Å². The first-order valence-electron chi connectivity index (χ1n) is 5.60. The number of rotatable bonds is 4. The Morgan fingerprint density at radius 3 is 2.94 bits per heavy atom. The molecule has 2 rings (SSSR count). The molecule has 0 unspecified atom stereocenters. The molecule has 18 heavy (non-hydrogen) atoms. The SMILES string of the molecule is C/C(=C/Cc1ccc2c(c1)OCO2)N[NH+]=C(N)N. The molecule has 1 aromatic carbocycles. The van der Waals surface area contributed by atoms with Crippen LogP contribution < -0.4 is 31.5 Å². The zero-order chi connectivity index (χ0) is 13.0. The maximum atomic E-state index is 5.32. The normalized spacial score (nSPS) is 13.3. The Kier molecular flexibility index (Phi) is 3.57. The Bertz CT molecular complexity index is 493. The Morgan fingerprint density at radius 2 is 2.17 bits per heavy atom. The van der Waals surface area contributed by atoms with Gasteiger partial charge in [-0.2, -0.15) is 5.10 Å². The van der Waals surface area contributed by atoms with Crippen LogP contribution in [0.4, 0.5) is 0 Å². The van der Waals surface area contributed by atoms with Crippen molar-refractivity contribution in [2.45, 2.75) is 13.3 Å². The summed E-state index contributed by atoms with van der Waals surface area (Å²) in [6.07, 6.45) is 2.80. The van der Waals surface area contributed by atoms with E-state index in [9.17, 15) is 0 Å². The maximum Gasteiger partial charge on any atom is 0.360 e. The van der Waals surface area contributed by atoms with Gasteiger partial charge in [0.05, 0.1) is 0 Å². The minimum Gasteiger partial charge on any atom is -0.454 e. The number of hydrazone groups is 1. The van der Waals surface area contributed by atoms with E-state index in [0.717, 1.165) is 29.2 Å². The van der Waals surface area contributed by atoms with E-state index in [4.69, 9.17) is 20.9 Å². The minimum absolute atomic E-state index is 0.130. The van der Waals surface area contributed by atoms with Crippen LogP contribution in [0.15, 0.2) is 30.0 Å². The van der Waals surface area contributed by atoms with Crippen LogP contribution in [-0.2, 0) is 6.42 Å². The van der Waals surface area contributed by atoms with Crippen LogP contribution in [0.2, 0.25) is 0 Å². The first-order valence-corrected chi connectivity index (χ1v) is 5.60. The molecule has 0 aliphatic carbocycles. The van der Waals surface area contributed by atoms with Crippen LogP contribution in [0, 0.1) is 0 Å². The van der Waals surface area contributed by atoms with E-state index in [2.05, 4.69) is 10.5 Å². The van der Waals surface area contributed by atoms with Crippen molar-refractivity contribution in [2.75, 3.05) is 6.79 Å². The highest BCUT2D eigenvalue weighted by atomic mass is 16.7. The summed E-state index contributed by atoms with van der Waals surface area (Å²) in [7, 11) is 0. The lowest BCUT2D eigenvalue weighted by molar-refractivity contribution is -0.518. The molecule has 0 saturated carbocycles. The van der Waals surface area contributed by atoms with Crippen LogP contribution in [-0.4, -0.2) is 12.8 Å². The summed E-state index contributed by atoms with van der Waals surface area (Å²) in [6, 6.07) is 5.90. The summed E-state index contributed by atoms with van der Waals surface area (Å²) in [4.78, 5) is 0. The van der Waals surface area contributed by atoms with Crippen molar-refractivity contribution in [1.29, 1.82) is 0 Å². The summed E-state index contributed by atoms with van der Waals surface area (Å²) in [5, 5.41) is 2.63. The quantitative estimate of drug-likeness (QED) is 0.303. The number of nitrogens with one attached hydrogen (secondary N) is 2. The van der Waals surface area contributed by atoms with Gasteiger partial charge in [0.1, 0.15) is 0 Å². The van der Waals surface area contributed by atoms with Crippen molar-refractivity contribution < 1.29 is 14.6 Å². The van der Waals surface area contributed by atoms with Gasteiger partial charge >= 0.3 is 5.96 Å². The molecule has 0 fully saturated rings. The lowest BCUT2D eigenvalue weighted by atomic mass is 10.1. The molecule has 1 aliphatic rings. The Balaban J connectivity index is 1.97. The average Bonchev–Trinajstić information content (AvgIpc) is 2.81. The summed E-state index contributed by atoms with van der Waals surface area (Å²) >= 11 is 0. The highest BCUT2D eigenvalue weighted by Crippen LogP contribution is 2.32. The van der Waals surface area contributed by atoms with Crippen LogP contribution in [0.5, 0.6) is 11.5 Å². The van der Waals surface area contributed by atoms with Crippen LogP contribution in [0.25, 0.3) is 0 Å². The Labute approximate surface area is 105 Å². The smallest absolute Gasteiger partial charge is 0.360 e. The highest BCUT2D eigenvalue weighted by Gasteiger charge is 2.12. The van der Waals surface area contributed by atoms with Crippen LogP contribution in [0.3, 0.4) is 0 Å². The predicted octanol–water partition coefficient (Wildman–Crippen LogP) is -1.28. The molecule has 1 aromatic rings. The van der Waals surface area contributed by atoms with E-state index in [0.29, 0.717) is 6.79 Å². The summed E-state index contributed by atoms with van der Waals surface area (Å²) in [5.41, 5.74) is 15.5. The third-order valence-electron chi connectivity index (χ3n) is 2.48. The fourth-order valence-electron chi connectivity index (χ4n) is 1.56. The molecule has 0 bridgehead atoms. The zero-order valence-electron chi connectivity index (χ0n) is 10.2. The number of allylic oxidation sites excluding steroid dienone is 2. The Hall–Kier alpha value is -2.37. The van der Waals surface area contributed by atoms with E-state index in [1.165, 1.54) is 0 Å². The topological polar surface area (TPSA) is 96.5 Å². The largest absolute Gasteiger partial charge is 0.454 e. The predicted molar refractivity (Wildman–Crippen MR) is 67.5 cm³/mol. The van der Waals surface area contributed by atoms with Gasteiger partial charge in [-0.15, -0.1) is 0 Å². The van der Waals surface area contributed by atoms with Gasteiger partial charge in [-0.3, -0.25) is 16.9 Å². The lowest BCUT2D eigenvalue weighted by Gasteiger charge is -2.02. The van der Waals surface area contributed by atoms with Gasteiger partial charge in [-0.05, 0) is 31.0 Å². The molecule has 0 atom stereocenters. The van der Waals surface area contributed by atoms with Gasteiger partial charge in [0.25, 0.3) is 0 Å². The maximum absolute atomic E-state index is 5.32. The van der Waals surface area contributed by atoms with Crippen molar-refractivity contribution in [1.82, 2.24) is 5.43 Å². The molecule has 0 spiro atoms. The third-order valence-corrected chi connectivity index (χ3v) is 2.48. The van der Waals surface area contributed by atoms with E-state index in [1.807, 2.05) is 31.2 Å². The van der Waals surface area contributed by atoms with Gasteiger partial charge in [0.2, 0.25) is 6.79 Å². The summed E-state index contributed by atoms with van der Waals surface area (Å²) < 4.78 is 10.6. The summed E-state index contributed by atoms with van der Waals surface area (Å²) in [5.74, 6) is 1.72. The number of nitrogens with two attached hydrogens (primary N) is 2. The molecule has 6 N–H and O–H groups in total. The molecule has 6 nitrogen and oxygen atoms in total. The van der Waals surface area contributed by atoms with Gasteiger partial charge < -0.3 is 9.47 Å². The van der Waals surface area contributed by atoms with E-state index < -0.39 is 0 Å². The molecule has 0 aromatic heterocycles. The van der Waals surface area contributed by atoms with Crippen LogP contribution in [0.1, 0.15) is 12.5 Å². The van der Waals surface area contributed by atoms with Crippen LogP contribution >= 0.6 is 0 Å². The standard InChI is InChI=1S/C12H16N4O2/c1-8(15-16-12(13)14)2-3-9-4-5-10-11(6-9)18-7-17-10/h2,4-6,15H,3,7H2,1H3,(H4,13,14,16)/p+1/b8-2-. The van der Waals surface area contributed by atoms with Crippen molar-refractivity contribution in [3.8, 4) is 11.5 Å². The molecule has 1 aliphatic heterocycles. The van der Waals surface area contributed by atoms with Gasteiger partial charge in [-0.25, -0.2) is 0 Å². The second-order valence-electron chi connectivity index (χ2n) is 3.98. The first kappa shape index (κ1) is 12.1. The third kappa shape index (κ3) is 3.07. The molecule has 0 amide bonds. The second-order valence-corrected chi connectivity index (χ2v) is 3.98. The molecule has 96 valence electrons. The number of hydrazine groups is 1. The van der Waals surface area contributed by atoms with Gasteiger partial charge in [0, 0.05) is 5.70 Å². The number of ether oxygens (including phenoxy) is 2. The number of hydrogen-bond acceptors (Lipinski definition) is 3. The first-order chi connectivity index (χ1) is 8.65. The average molecular weight is 249 g/mol. The van der Waals surface area contributed by atoms with Crippen molar-refractivity contribution in [3.63, 3.8) is 0 Å². The molecule has 1 heterocycles. The molecular weight excluding hydrogens is 232 g/mol. The second kappa shape index (κ2) is 5.31.